The Morgan fingerprint density at radius 1 is 1.31 bits per heavy atom. The maximum Gasteiger partial charge on any atom is 0.271 e. The molecule has 0 aliphatic rings. The van der Waals surface area contributed by atoms with Gasteiger partial charge in [-0.2, -0.15) is 5.10 Å². The Balaban J connectivity index is 2.97. The van der Waals surface area contributed by atoms with E-state index in [1.807, 2.05) is 0 Å². The molecule has 1 rings (SSSR count). The van der Waals surface area contributed by atoms with Crippen LogP contribution in [0.15, 0.2) is 17.2 Å². The normalized spacial score (nSPS) is 9.75. The third-order valence-electron chi connectivity index (χ3n) is 1.66. The van der Waals surface area contributed by atoms with Crippen molar-refractivity contribution >= 4 is 34.8 Å². The van der Waals surface area contributed by atoms with Gasteiger partial charge in [-0.3, -0.25) is 4.79 Å². The van der Waals surface area contributed by atoms with Gasteiger partial charge in [-0.25, -0.2) is 5.43 Å². The van der Waals surface area contributed by atoms with Gasteiger partial charge in [0.25, 0.3) is 5.91 Å². The molecule has 1 amide bonds. The Bertz CT molecular complexity index is 431. The summed E-state index contributed by atoms with van der Waals surface area (Å²) in [7, 11) is 0. The molecule has 6 heteroatoms. The van der Waals surface area contributed by atoms with Crippen LogP contribution in [0.3, 0.4) is 0 Å². The van der Waals surface area contributed by atoms with E-state index in [2.05, 4.69) is 10.5 Å². The van der Waals surface area contributed by atoms with Crippen LogP contribution < -0.4 is 5.43 Å². The van der Waals surface area contributed by atoms with Crippen LogP contribution in [0.2, 0.25) is 10.0 Å². The van der Waals surface area contributed by atoms with E-state index in [1.165, 1.54) is 12.1 Å². The van der Waals surface area contributed by atoms with Gasteiger partial charge in [0, 0.05) is 11.3 Å². The monoisotopic (exact) mass is 260 g/mol. The average Bonchev–Trinajstić information content (AvgIpc) is 2.21. The van der Waals surface area contributed by atoms with Crippen LogP contribution in [0.25, 0.3) is 0 Å². The largest absolute Gasteiger partial charge is 0.505 e. The number of carbonyl (C=O) groups excluding carboxylic acids is 1. The highest BCUT2D eigenvalue weighted by Crippen LogP contribution is 2.32. The minimum absolute atomic E-state index is 0.0230. The molecule has 0 aliphatic heterocycles. The number of halogens is 2. The molecule has 0 aliphatic carbocycles. The number of benzene rings is 1. The number of amides is 1. The van der Waals surface area contributed by atoms with E-state index in [-0.39, 0.29) is 21.4 Å². The van der Waals surface area contributed by atoms with Crippen LogP contribution in [-0.4, -0.2) is 16.7 Å². The van der Waals surface area contributed by atoms with Crippen LogP contribution in [-0.2, 0) is 0 Å². The third kappa shape index (κ3) is 3.12. The lowest BCUT2D eigenvalue weighted by molar-refractivity contribution is 0.0954. The van der Waals surface area contributed by atoms with Gasteiger partial charge in [-0.05, 0) is 26.0 Å². The van der Waals surface area contributed by atoms with E-state index in [4.69, 9.17) is 23.2 Å². The number of hydrazone groups is 1. The zero-order valence-corrected chi connectivity index (χ0v) is 10.2. The maximum absolute atomic E-state index is 11.5. The number of hydrogen-bond donors (Lipinski definition) is 2. The fraction of sp³-hybridized carbons (Fsp3) is 0.200. The SMILES string of the molecule is CC(C)=NNC(=O)c1cc(Cl)c(O)c(Cl)c1. The van der Waals surface area contributed by atoms with E-state index in [9.17, 15) is 9.90 Å². The van der Waals surface area contributed by atoms with Gasteiger partial charge >= 0.3 is 0 Å². The van der Waals surface area contributed by atoms with Crippen LogP contribution in [0.4, 0.5) is 0 Å². The van der Waals surface area contributed by atoms with E-state index in [0.717, 1.165) is 0 Å². The molecular formula is C10H10Cl2N2O2. The first-order chi connectivity index (χ1) is 7.41. The fourth-order valence-corrected chi connectivity index (χ4v) is 1.41. The summed E-state index contributed by atoms with van der Waals surface area (Å²) < 4.78 is 0. The summed E-state index contributed by atoms with van der Waals surface area (Å²) in [6, 6.07) is 2.64. The molecule has 0 bridgehead atoms. The third-order valence-corrected chi connectivity index (χ3v) is 2.24. The summed E-state index contributed by atoms with van der Waals surface area (Å²) >= 11 is 11.4. The zero-order valence-electron chi connectivity index (χ0n) is 8.71. The van der Waals surface area contributed by atoms with Crippen LogP contribution >= 0.6 is 23.2 Å². The molecule has 0 saturated carbocycles. The molecule has 1 aromatic rings. The van der Waals surface area contributed by atoms with Crippen molar-refractivity contribution in [2.45, 2.75) is 13.8 Å². The first-order valence-electron chi connectivity index (χ1n) is 4.41. The molecule has 0 saturated heterocycles. The number of phenolic OH excluding ortho intramolecular Hbond substituents is 1. The van der Waals surface area contributed by atoms with E-state index in [0.29, 0.717) is 5.71 Å². The van der Waals surface area contributed by atoms with Crippen molar-refractivity contribution in [1.82, 2.24) is 5.43 Å². The molecule has 0 unspecified atom stereocenters. The second-order valence-corrected chi connectivity index (χ2v) is 4.10. The van der Waals surface area contributed by atoms with Crippen molar-refractivity contribution in [2.75, 3.05) is 0 Å². The van der Waals surface area contributed by atoms with Crippen molar-refractivity contribution in [3.05, 3.63) is 27.7 Å². The molecule has 86 valence electrons. The van der Waals surface area contributed by atoms with Gasteiger partial charge in [0.05, 0.1) is 10.0 Å². The molecule has 0 fully saturated rings. The lowest BCUT2D eigenvalue weighted by Crippen LogP contribution is -2.18. The molecule has 1 aromatic carbocycles. The molecular weight excluding hydrogens is 251 g/mol. The van der Waals surface area contributed by atoms with Crippen LogP contribution in [0.1, 0.15) is 24.2 Å². The first-order valence-corrected chi connectivity index (χ1v) is 5.16. The van der Waals surface area contributed by atoms with Gasteiger partial charge in [0.15, 0.2) is 5.75 Å². The Labute approximate surface area is 103 Å². The highest BCUT2D eigenvalue weighted by Gasteiger charge is 2.11. The summed E-state index contributed by atoms with van der Waals surface area (Å²) in [6.45, 7) is 3.49. The molecule has 16 heavy (non-hydrogen) atoms. The average molecular weight is 261 g/mol. The maximum atomic E-state index is 11.5. The van der Waals surface area contributed by atoms with Crippen LogP contribution in [0, 0.1) is 0 Å². The number of hydrogen-bond acceptors (Lipinski definition) is 3. The van der Waals surface area contributed by atoms with E-state index < -0.39 is 5.91 Å². The number of carbonyl (C=O) groups is 1. The standard InChI is InChI=1S/C10H10Cl2N2O2/c1-5(2)13-14-10(16)6-3-7(11)9(15)8(12)4-6/h3-4,15H,1-2H3,(H,14,16). The van der Waals surface area contributed by atoms with Gasteiger partial charge in [0.2, 0.25) is 0 Å². The quantitative estimate of drug-likeness (QED) is 0.635. The van der Waals surface area contributed by atoms with E-state index >= 15 is 0 Å². The summed E-state index contributed by atoms with van der Waals surface area (Å²) in [5.41, 5.74) is 3.27. The van der Waals surface area contributed by atoms with Gasteiger partial charge < -0.3 is 5.11 Å². The molecule has 0 atom stereocenters. The van der Waals surface area contributed by atoms with Crippen molar-refractivity contribution in [3.8, 4) is 5.75 Å². The van der Waals surface area contributed by atoms with Crippen molar-refractivity contribution in [3.63, 3.8) is 0 Å². The first kappa shape index (κ1) is 12.8. The zero-order chi connectivity index (χ0) is 12.3. The Hall–Kier alpha value is -1.26. The van der Waals surface area contributed by atoms with E-state index in [1.54, 1.807) is 13.8 Å². The Morgan fingerprint density at radius 3 is 2.25 bits per heavy atom. The number of nitrogens with one attached hydrogen (secondary N) is 1. The topological polar surface area (TPSA) is 61.7 Å². The number of phenols is 1. The van der Waals surface area contributed by atoms with Gasteiger partial charge in [-0.1, -0.05) is 23.2 Å². The second kappa shape index (κ2) is 5.18. The predicted octanol–water partition coefficient (Wildman–Crippen LogP) is 2.82. The molecule has 2 N–H and O–H groups in total. The lowest BCUT2D eigenvalue weighted by atomic mass is 10.2. The van der Waals surface area contributed by atoms with Crippen LogP contribution in [0.5, 0.6) is 5.75 Å². The van der Waals surface area contributed by atoms with Crippen molar-refractivity contribution in [2.24, 2.45) is 5.10 Å². The lowest BCUT2D eigenvalue weighted by Gasteiger charge is -2.04. The minimum atomic E-state index is -0.440. The summed E-state index contributed by atoms with van der Waals surface area (Å²) in [5, 5.41) is 13.1. The molecule has 0 heterocycles. The van der Waals surface area contributed by atoms with Crippen molar-refractivity contribution in [1.29, 1.82) is 0 Å². The Morgan fingerprint density at radius 2 is 1.81 bits per heavy atom. The minimum Gasteiger partial charge on any atom is -0.505 e. The second-order valence-electron chi connectivity index (χ2n) is 3.29. The van der Waals surface area contributed by atoms with Gasteiger partial charge in [-0.15, -0.1) is 0 Å². The number of nitrogens with zero attached hydrogens (tertiary/aromatic N) is 1. The summed E-state index contributed by atoms with van der Waals surface area (Å²) in [5.74, 6) is -0.681. The van der Waals surface area contributed by atoms with Gasteiger partial charge in [0.1, 0.15) is 0 Å². The molecule has 0 aromatic heterocycles. The fourth-order valence-electron chi connectivity index (χ4n) is 0.924. The summed E-state index contributed by atoms with van der Waals surface area (Å²) in [6.07, 6.45) is 0. The highest BCUT2D eigenvalue weighted by molar-refractivity contribution is 6.37. The predicted molar refractivity (Wildman–Crippen MR) is 64.4 cm³/mol. The number of rotatable bonds is 2. The number of aromatic hydroxyl groups is 1. The smallest absolute Gasteiger partial charge is 0.271 e. The highest BCUT2D eigenvalue weighted by atomic mass is 35.5. The molecule has 0 spiro atoms. The molecule has 0 radical (unpaired) electrons. The summed E-state index contributed by atoms with van der Waals surface area (Å²) in [4.78, 5) is 11.5. The van der Waals surface area contributed by atoms with Crippen molar-refractivity contribution < 1.29 is 9.90 Å². The Kier molecular flexibility index (Phi) is 4.15. The molecule has 4 nitrogen and oxygen atoms in total.